The smallest absolute Gasteiger partial charge is 0.115 e. The summed E-state index contributed by atoms with van der Waals surface area (Å²) in [4.78, 5) is 0. The SMILES string of the molecule is CC(C)(c1ccc(O)cc1)c1ccc(C(C)(c2ccc(O)cc2)c2ccc(O)cc2)cc1.CC(C)(c1ccc(O)cc1)c1ccc(O)cc1.Oc1ccc(-c2ccc(O)cc2)cc1. The van der Waals surface area contributed by atoms with Crippen molar-refractivity contribution in [3.05, 3.63) is 233 Å². The number of benzene rings is 8. The maximum Gasteiger partial charge on any atom is 0.115 e. The van der Waals surface area contributed by atoms with Crippen LogP contribution >= 0.6 is 0 Å². The lowest BCUT2D eigenvalue weighted by molar-refractivity contribution is 0.473. The third-order valence-electron chi connectivity index (χ3n) is 11.9. The van der Waals surface area contributed by atoms with Crippen LogP contribution in [-0.2, 0) is 16.2 Å². The Hall–Kier alpha value is -7.64. The molecule has 0 bridgehead atoms. The lowest BCUT2D eigenvalue weighted by atomic mass is 9.70. The van der Waals surface area contributed by atoms with Gasteiger partial charge in [-0.3, -0.25) is 0 Å². The molecule has 0 amide bonds. The first-order chi connectivity index (χ1) is 30.0. The van der Waals surface area contributed by atoms with Crippen molar-refractivity contribution in [2.75, 3.05) is 0 Å². The van der Waals surface area contributed by atoms with E-state index in [1.165, 1.54) is 5.56 Å². The van der Waals surface area contributed by atoms with Gasteiger partial charge in [0.2, 0.25) is 0 Å². The standard InChI is InChI=1S/C29H28O3.C15H16O2.C12H10O2/c1-28(2,21-8-14-25(30)15-9-21)20-4-6-22(7-5-20)29(3,23-10-16-26(31)17-11-23)24-12-18-27(32)19-13-24;1-15(2,11-3-7-13(16)8-4-11)12-5-9-14(17)10-6-12;13-11-5-1-9(2-6-11)10-3-7-12(14)8-4-10/h4-19,30-32H,1-3H3;3-10,16-17H,1-2H3;1-8,13-14H. The lowest BCUT2D eigenvalue weighted by Gasteiger charge is -2.33. The van der Waals surface area contributed by atoms with Gasteiger partial charge in [0.15, 0.2) is 0 Å². The lowest BCUT2D eigenvalue weighted by Crippen LogP contribution is -2.26. The van der Waals surface area contributed by atoms with Gasteiger partial charge in [-0.05, 0) is 142 Å². The number of phenols is 7. The molecule has 0 aliphatic rings. The Labute approximate surface area is 369 Å². The molecule has 0 radical (unpaired) electrons. The Morgan fingerprint density at radius 1 is 0.206 bits per heavy atom. The third-order valence-corrected chi connectivity index (χ3v) is 11.9. The van der Waals surface area contributed by atoms with E-state index in [0.717, 1.165) is 44.5 Å². The van der Waals surface area contributed by atoms with E-state index in [2.05, 4.69) is 58.9 Å². The Bertz CT molecular complexity index is 2530. The zero-order chi connectivity index (χ0) is 45.4. The molecule has 7 heteroatoms. The number of hydrogen-bond acceptors (Lipinski definition) is 7. The Morgan fingerprint density at radius 2 is 0.349 bits per heavy atom. The van der Waals surface area contributed by atoms with Gasteiger partial charge in [-0.2, -0.15) is 0 Å². The molecular formula is C56H54O7. The van der Waals surface area contributed by atoms with Crippen molar-refractivity contribution in [3.8, 4) is 51.4 Å². The van der Waals surface area contributed by atoms with Gasteiger partial charge in [0, 0.05) is 16.2 Å². The minimum Gasteiger partial charge on any atom is -0.508 e. The molecule has 0 fully saturated rings. The predicted octanol–water partition coefficient (Wildman–Crippen LogP) is 12.7. The van der Waals surface area contributed by atoms with Gasteiger partial charge >= 0.3 is 0 Å². The van der Waals surface area contributed by atoms with Crippen molar-refractivity contribution in [2.45, 2.75) is 50.9 Å². The first kappa shape index (κ1) is 44.9. The molecule has 0 heterocycles. The summed E-state index contributed by atoms with van der Waals surface area (Å²) in [5.74, 6) is 1.78. The monoisotopic (exact) mass is 838 g/mol. The zero-order valence-corrected chi connectivity index (χ0v) is 36.1. The molecule has 0 saturated carbocycles. The zero-order valence-electron chi connectivity index (χ0n) is 36.1. The molecule has 0 spiro atoms. The molecule has 8 aromatic rings. The van der Waals surface area contributed by atoms with Crippen LogP contribution in [0, 0.1) is 0 Å². The average Bonchev–Trinajstić information content (AvgIpc) is 3.28. The maximum absolute atomic E-state index is 9.80. The highest BCUT2D eigenvalue weighted by Gasteiger charge is 2.32. The van der Waals surface area contributed by atoms with Crippen LogP contribution in [0.5, 0.6) is 40.2 Å². The average molecular weight is 839 g/mol. The Morgan fingerprint density at radius 3 is 0.556 bits per heavy atom. The van der Waals surface area contributed by atoms with Crippen molar-refractivity contribution in [1.29, 1.82) is 0 Å². The number of phenolic OH excluding ortho intramolecular Hbond substituents is 7. The fraction of sp³-hybridized carbons (Fsp3) is 0.143. The first-order valence-corrected chi connectivity index (χ1v) is 20.6. The summed E-state index contributed by atoms with van der Waals surface area (Å²) in [5.41, 5.74) is 8.95. The summed E-state index contributed by atoms with van der Waals surface area (Å²) >= 11 is 0. The van der Waals surface area contributed by atoms with E-state index in [0.29, 0.717) is 0 Å². The minimum absolute atomic E-state index is 0.151. The Kier molecular flexibility index (Phi) is 13.5. The quantitative estimate of drug-likeness (QED) is 0.0756. The maximum atomic E-state index is 9.80. The second-order valence-corrected chi connectivity index (χ2v) is 16.8. The number of hydrogen-bond donors (Lipinski definition) is 7. The van der Waals surface area contributed by atoms with Gasteiger partial charge in [0.05, 0.1) is 0 Å². The molecular weight excluding hydrogens is 785 g/mol. The summed E-state index contributed by atoms with van der Waals surface area (Å²) in [6.07, 6.45) is 0. The van der Waals surface area contributed by atoms with E-state index in [1.54, 1.807) is 84.9 Å². The van der Waals surface area contributed by atoms with Crippen molar-refractivity contribution >= 4 is 0 Å². The Balaban J connectivity index is 0.000000177. The van der Waals surface area contributed by atoms with Crippen molar-refractivity contribution in [3.63, 3.8) is 0 Å². The van der Waals surface area contributed by atoms with Crippen LogP contribution in [-0.4, -0.2) is 35.7 Å². The second kappa shape index (κ2) is 19.0. The van der Waals surface area contributed by atoms with E-state index in [4.69, 9.17) is 10.2 Å². The molecule has 7 N–H and O–H groups in total. The van der Waals surface area contributed by atoms with Gasteiger partial charge < -0.3 is 35.7 Å². The molecule has 0 aromatic heterocycles. The van der Waals surface area contributed by atoms with Gasteiger partial charge in [0.1, 0.15) is 40.2 Å². The van der Waals surface area contributed by atoms with E-state index < -0.39 is 5.41 Å². The molecule has 0 unspecified atom stereocenters. The van der Waals surface area contributed by atoms with E-state index >= 15 is 0 Å². The highest BCUT2D eigenvalue weighted by atomic mass is 16.3. The van der Waals surface area contributed by atoms with Crippen LogP contribution < -0.4 is 0 Å². The molecule has 0 atom stereocenters. The van der Waals surface area contributed by atoms with Crippen LogP contribution in [0.3, 0.4) is 0 Å². The molecule has 0 saturated heterocycles. The third kappa shape index (κ3) is 10.6. The molecule has 8 rings (SSSR count). The van der Waals surface area contributed by atoms with E-state index in [9.17, 15) is 25.5 Å². The molecule has 7 nitrogen and oxygen atoms in total. The summed E-state index contributed by atoms with van der Waals surface area (Å²) < 4.78 is 0. The van der Waals surface area contributed by atoms with Crippen LogP contribution in [0.2, 0.25) is 0 Å². The summed E-state index contributed by atoms with van der Waals surface area (Å²) in [6, 6.07) is 58.9. The molecule has 0 aliphatic heterocycles. The fourth-order valence-corrected chi connectivity index (χ4v) is 7.59. The molecule has 0 aliphatic carbocycles. The van der Waals surface area contributed by atoms with E-state index in [1.807, 2.05) is 84.9 Å². The van der Waals surface area contributed by atoms with Crippen LogP contribution in [0.15, 0.2) is 194 Å². The topological polar surface area (TPSA) is 142 Å². The van der Waals surface area contributed by atoms with Crippen LogP contribution in [0.4, 0.5) is 0 Å². The highest BCUT2D eigenvalue weighted by Crippen LogP contribution is 2.41. The predicted molar refractivity (Wildman–Crippen MR) is 252 cm³/mol. The minimum atomic E-state index is -0.470. The van der Waals surface area contributed by atoms with Crippen molar-refractivity contribution in [2.24, 2.45) is 0 Å². The molecule has 320 valence electrons. The first-order valence-electron chi connectivity index (χ1n) is 20.6. The van der Waals surface area contributed by atoms with Crippen molar-refractivity contribution < 1.29 is 35.7 Å². The highest BCUT2D eigenvalue weighted by molar-refractivity contribution is 5.64. The van der Waals surface area contributed by atoms with Gasteiger partial charge in [-0.25, -0.2) is 0 Å². The van der Waals surface area contributed by atoms with Gasteiger partial charge in [0.25, 0.3) is 0 Å². The fourth-order valence-electron chi connectivity index (χ4n) is 7.59. The number of aromatic hydroxyl groups is 7. The van der Waals surface area contributed by atoms with Gasteiger partial charge in [-0.15, -0.1) is 0 Å². The van der Waals surface area contributed by atoms with Gasteiger partial charge in [-0.1, -0.05) is 137 Å². The molecule has 8 aromatic carbocycles. The summed E-state index contributed by atoms with van der Waals surface area (Å²) in [7, 11) is 0. The summed E-state index contributed by atoms with van der Waals surface area (Å²) in [5, 5.41) is 66.1. The largest absolute Gasteiger partial charge is 0.508 e. The second-order valence-electron chi connectivity index (χ2n) is 16.8. The summed E-state index contributed by atoms with van der Waals surface area (Å²) in [6.45, 7) is 10.7. The van der Waals surface area contributed by atoms with Crippen LogP contribution in [0.25, 0.3) is 11.1 Å². The van der Waals surface area contributed by atoms with Crippen molar-refractivity contribution in [1.82, 2.24) is 0 Å². The molecule has 63 heavy (non-hydrogen) atoms. The van der Waals surface area contributed by atoms with E-state index in [-0.39, 0.29) is 51.1 Å². The van der Waals surface area contributed by atoms with Crippen LogP contribution in [0.1, 0.15) is 73.6 Å². The number of rotatable bonds is 8. The normalized spacial score (nSPS) is 11.4.